The van der Waals surface area contributed by atoms with Crippen LogP contribution in [-0.2, 0) is 19.1 Å². The van der Waals surface area contributed by atoms with Gasteiger partial charge in [0, 0.05) is 33.2 Å². The summed E-state index contributed by atoms with van der Waals surface area (Å²) < 4.78 is 12.3. The van der Waals surface area contributed by atoms with Crippen LogP contribution in [0, 0.1) is 0 Å². The number of amides is 3. The Balaban J connectivity index is 0.000000426. The van der Waals surface area contributed by atoms with Crippen LogP contribution >= 0.6 is 44.3 Å². The number of carboxylic acids is 1. The van der Waals surface area contributed by atoms with E-state index in [4.69, 9.17) is 20.3 Å². The van der Waals surface area contributed by atoms with Crippen LogP contribution < -0.4 is 11.1 Å². The van der Waals surface area contributed by atoms with Crippen molar-refractivity contribution in [3.8, 4) is 0 Å². The van der Waals surface area contributed by atoms with E-state index in [1.165, 1.54) is 9.80 Å². The van der Waals surface area contributed by atoms with E-state index < -0.39 is 41.4 Å². The number of likely N-dealkylation sites (tertiary alicyclic amines) is 2. The fraction of sp³-hybridized carbons (Fsp3) is 0.500. The van der Waals surface area contributed by atoms with Crippen LogP contribution in [0.4, 0.5) is 9.59 Å². The smallest absolute Gasteiger partial charge is 0.411 e. The number of carboxylic acid groups (broad SMARTS) is 1. The van der Waals surface area contributed by atoms with E-state index in [0.717, 1.165) is 21.8 Å². The van der Waals surface area contributed by atoms with Gasteiger partial charge in [-0.15, -0.1) is 12.4 Å². The molecule has 3 amide bonds. The Morgan fingerprint density at radius 1 is 0.731 bits per heavy atom. The minimum Gasteiger partial charge on any atom is -0.480 e. The van der Waals surface area contributed by atoms with Gasteiger partial charge in [-0.2, -0.15) is 0 Å². The number of nitrogens with two attached hydrogens (primary N) is 1. The van der Waals surface area contributed by atoms with Crippen molar-refractivity contribution in [2.24, 2.45) is 5.73 Å². The molecule has 2 aromatic carbocycles. The lowest BCUT2D eigenvalue weighted by molar-refractivity contribution is -0.142. The van der Waals surface area contributed by atoms with E-state index in [1.54, 1.807) is 77.9 Å². The average molecular weight is 877 g/mol. The van der Waals surface area contributed by atoms with Crippen LogP contribution in [0.25, 0.3) is 0 Å². The van der Waals surface area contributed by atoms with Crippen molar-refractivity contribution in [3.05, 3.63) is 68.6 Å². The van der Waals surface area contributed by atoms with Crippen molar-refractivity contribution < 1.29 is 43.3 Å². The van der Waals surface area contributed by atoms with Crippen molar-refractivity contribution in [1.82, 2.24) is 15.1 Å². The number of carbonyl (C=O) groups is 6. The quantitative estimate of drug-likeness (QED) is 0.255. The van der Waals surface area contributed by atoms with Crippen LogP contribution in [-0.4, -0.2) is 100 Å². The van der Waals surface area contributed by atoms with Crippen LogP contribution in [0.2, 0.25) is 0 Å². The Hall–Kier alpha value is -3.53. The minimum atomic E-state index is -0.960. The molecule has 2 heterocycles. The summed E-state index contributed by atoms with van der Waals surface area (Å²) >= 11 is 6.59. The van der Waals surface area contributed by atoms with Gasteiger partial charge in [-0.1, -0.05) is 56.1 Å². The monoisotopic (exact) mass is 874 g/mol. The number of nitrogens with one attached hydrogen (secondary N) is 1. The maximum Gasteiger partial charge on any atom is 0.411 e. The molecule has 0 saturated carbocycles. The lowest BCUT2D eigenvalue weighted by Crippen LogP contribution is -2.48. The lowest BCUT2D eigenvalue weighted by Gasteiger charge is -2.28. The van der Waals surface area contributed by atoms with Gasteiger partial charge in [-0.05, 0) is 91.5 Å². The van der Waals surface area contributed by atoms with Gasteiger partial charge in [0.25, 0.3) is 0 Å². The second-order valence-electron chi connectivity index (χ2n) is 13.8. The topological polar surface area (TPSA) is 186 Å². The second kappa shape index (κ2) is 21.2. The molecule has 288 valence electrons. The predicted molar refractivity (Wildman–Crippen MR) is 206 cm³/mol. The Morgan fingerprint density at radius 2 is 1.12 bits per heavy atom. The molecule has 52 heavy (non-hydrogen) atoms. The minimum absolute atomic E-state index is 0. The number of rotatable bonds is 7. The predicted octanol–water partition coefficient (Wildman–Crippen LogP) is 6.63. The van der Waals surface area contributed by atoms with Crippen LogP contribution in [0.5, 0.6) is 0 Å². The molecule has 13 nitrogen and oxygen atoms in total. The first kappa shape index (κ1) is 46.5. The van der Waals surface area contributed by atoms with E-state index in [-0.39, 0.29) is 43.0 Å². The molecule has 2 aromatic rings. The Kier molecular flexibility index (Phi) is 19.0. The van der Waals surface area contributed by atoms with Crippen molar-refractivity contribution in [2.75, 3.05) is 26.2 Å². The maximum atomic E-state index is 12.4. The van der Waals surface area contributed by atoms with Gasteiger partial charge >= 0.3 is 18.2 Å². The van der Waals surface area contributed by atoms with Gasteiger partial charge in [0.2, 0.25) is 5.91 Å². The normalized spacial score (nSPS) is 16.6. The van der Waals surface area contributed by atoms with E-state index in [9.17, 15) is 28.8 Å². The van der Waals surface area contributed by atoms with E-state index in [1.807, 2.05) is 12.1 Å². The molecule has 16 heteroatoms. The summed E-state index contributed by atoms with van der Waals surface area (Å²) in [5, 5.41) is 11.5. The highest BCUT2D eigenvalue weighted by Gasteiger charge is 2.37. The summed E-state index contributed by atoms with van der Waals surface area (Å²) in [5.74, 6) is -1.49. The maximum absolute atomic E-state index is 12.4. The van der Waals surface area contributed by atoms with Crippen molar-refractivity contribution in [3.63, 3.8) is 0 Å². The second-order valence-corrected chi connectivity index (χ2v) is 15.6. The third kappa shape index (κ3) is 16.0. The average Bonchev–Trinajstić information content (AvgIpc) is 3.74. The number of aliphatic carboxylic acids is 1. The number of benzene rings is 2. The molecule has 0 aliphatic carbocycles. The highest BCUT2D eigenvalue weighted by Crippen LogP contribution is 2.22. The number of hydrogen-bond acceptors (Lipinski definition) is 9. The van der Waals surface area contributed by atoms with E-state index in [2.05, 4.69) is 37.2 Å². The summed E-state index contributed by atoms with van der Waals surface area (Å²) in [6, 6.07) is 12.8. The zero-order chi connectivity index (χ0) is 38.5. The molecule has 0 radical (unpaired) electrons. The molecule has 2 aliphatic heterocycles. The van der Waals surface area contributed by atoms with Crippen molar-refractivity contribution in [1.29, 1.82) is 0 Å². The van der Waals surface area contributed by atoms with Crippen LogP contribution in [0.15, 0.2) is 57.5 Å². The molecule has 0 spiro atoms. The van der Waals surface area contributed by atoms with Gasteiger partial charge in [-0.3, -0.25) is 24.2 Å². The molecule has 0 bridgehead atoms. The van der Waals surface area contributed by atoms with Crippen molar-refractivity contribution in [2.45, 2.75) is 90.5 Å². The molecule has 0 aromatic heterocycles. The molecule has 0 unspecified atom stereocenters. The fourth-order valence-corrected chi connectivity index (χ4v) is 5.45. The third-order valence-electron chi connectivity index (χ3n) is 7.29. The van der Waals surface area contributed by atoms with Crippen LogP contribution in [0.1, 0.15) is 87.9 Å². The third-order valence-corrected chi connectivity index (χ3v) is 8.35. The zero-order valence-corrected chi connectivity index (χ0v) is 34.3. The first-order valence-electron chi connectivity index (χ1n) is 16.5. The Bertz CT molecular complexity index is 1530. The number of Topliss-reactive ketones (excluding diaryl/α,β-unsaturated/α-hetero) is 2. The SMILES string of the molecule is CC(C)(C)OC(=O)N1CCC[C@H]1C(=O)NCC(=O)c1ccc(Br)cc1.CC(C)(C)OC(=O)N1CCC[C@H]1C(=O)O.Cl.NCC(=O)c1ccc(Br)cc1. The highest BCUT2D eigenvalue weighted by atomic mass is 79.9. The van der Waals surface area contributed by atoms with Gasteiger partial charge in [0.05, 0.1) is 13.1 Å². The van der Waals surface area contributed by atoms with Crippen molar-refractivity contribution >= 4 is 79.9 Å². The standard InChI is InChI=1S/C18H23BrN2O4.C10H17NO4.C8H8BrNO.ClH/c1-18(2,3)25-17(24)21-10-4-5-14(21)16(23)20-11-15(22)12-6-8-13(19)9-7-12;1-10(2,3)15-9(14)11-6-4-5-7(11)8(12)13;9-7-3-1-6(2-4-7)8(11)5-10;/h6-9,14H,4-5,10-11H2,1-3H3,(H,20,23);7H,4-6H2,1-3H3,(H,12,13);1-4H,5,10H2;1H/t14-;7-;;/m00../s1. The van der Waals surface area contributed by atoms with E-state index in [0.29, 0.717) is 37.1 Å². The molecule has 4 N–H and O–H groups in total. The number of hydrogen-bond donors (Lipinski definition) is 3. The largest absolute Gasteiger partial charge is 0.480 e. The first-order chi connectivity index (χ1) is 23.7. The summed E-state index contributed by atoms with van der Waals surface area (Å²) in [7, 11) is 0. The molecule has 4 rings (SSSR count). The zero-order valence-electron chi connectivity index (χ0n) is 30.3. The molecule has 2 saturated heterocycles. The first-order valence-corrected chi connectivity index (χ1v) is 18.1. The molecule has 2 fully saturated rings. The summed E-state index contributed by atoms with van der Waals surface area (Å²) in [6.07, 6.45) is 1.50. The molecular weight excluding hydrogens is 828 g/mol. The Labute approximate surface area is 328 Å². The number of nitrogens with zero attached hydrogens (tertiary/aromatic N) is 2. The van der Waals surface area contributed by atoms with Gasteiger partial charge in [0.15, 0.2) is 11.6 Å². The Morgan fingerprint density at radius 3 is 1.50 bits per heavy atom. The highest BCUT2D eigenvalue weighted by molar-refractivity contribution is 9.10. The van der Waals surface area contributed by atoms with Gasteiger partial charge in [0.1, 0.15) is 23.3 Å². The number of carbonyl (C=O) groups excluding carboxylic acids is 5. The van der Waals surface area contributed by atoms with Crippen LogP contribution in [0.3, 0.4) is 0 Å². The lowest BCUT2D eigenvalue weighted by atomic mass is 10.1. The number of ether oxygens (including phenoxy) is 2. The van der Waals surface area contributed by atoms with Gasteiger partial charge in [-0.25, -0.2) is 14.4 Å². The summed E-state index contributed by atoms with van der Waals surface area (Å²) in [6.45, 7) is 11.6. The summed E-state index contributed by atoms with van der Waals surface area (Å²) in [5.41, 5.74) is 5.18. The molecule has 2 aliphatic rings. The molecular formula is C36H49Br2ClN4O9. The fourth-order valence-electron chi connectivity index (χ4n) is 4.92. The molecule has 2 atom stereocenters. The number of ketones is 2. The summed E-state index contributed by atoms with van der Waals surface area (Å²) in [4.78, 5) is 72.9. The number of halogens is 3. The van der Waals surface area contributed by atoms with E-state index >= 15 is 0 Å². The van der Waals surface area contributed by atoms with Gasteiger partial charge < -0.3 is 25.6 Å².